The van der Waals surface area contributed by atoms with Crippen LogP contribution in [0.5, 0.6) is 0 Å². The number of Topliss-reactive ketones (excluding diaryl/α,β-unsaturated/α-hetero) is 1. The third-order valence-corrected chi connectivity index (χ3v) is 4.59. The SMILES string of the molecule is CCCCCCc1ccc(NCN2C(=O)C(=O)c3ccccc32)cc1. The first kappa shape index (κ1) is 17.2. The van der Waals surface area contributed by atoms with Crippen LogP contribution < -0.4 is 10.2 Å². The number of aryl methyl sites for hydroxylation is 1. The molecule has 1 N–H and O–H groups in total. The van der Waals surface area contributed by atoms with E-state index in [0.29, 0.717) is 11.3 Å². The maximum Gasteiger partial charge on any atom is 0.300 e. The van der Waals surface area contributed by atoms with Gasteiger partial charge in [-0.25, -0.2) is 0 Å². The van der Waals surface area contributed by atoms with E-state index in [1.165, 1.54) is 36.1 Å². The third kappa shape index (κ3) is 3.90. The number of carbonyl (C=O) groups excluding carboxylic acids is 2. The lowest BCUT2D eigenvalue weighted by Gasteiger charge is -2.18. The van der Waals surface area contributed by atoms with Gasteiger partial charge in [-0.2, -0.15) is 0 Å². The molecule has 1 amide bonds. The number of nitrogens with one attached hydrogen (secondary N) is 1. The highest BCUT2D eigenvalue weighted by atomic mass is 16.2. The van der Waals surface area contributed by atoms with Gasteiger partial charge in [0, 0.05) is 5.69 Å². The summed E-state index contributed by atoms with van der Waals surface area (Å²) in [7, 11) is 0. The number of rotatable bonds is 8. The van der Waals surface area contributed by atoms with Crippen LogP contribution in [0.15, 0.2) is 48.5 Å². The Labute approximate surface area is 148 Å². The first-order valence-corrected chi connectivity index (χ1v) is 8.98. The van der Waals surface area contributed by atoms with Gasteiger partial charge in [-0.05, 0) is 42.7 Å². The smallest absolute Gasteiger partial charge is 0.300 e. The minimum atomic E-state index is -0.471. The highest BCUT2D eigenvalue weighted by Crippen LogP contribution is 2.28. The standard InChI is InChI=1S/C21H24N2O2/c1-2-3-4-5-8-16-11-13-17(14-12-16)22-15-23-19-10-7-6-9-18(19)20(24)21(23)25/h6-7,9-14,22H,2-5,8,15H2,1H3. The van der Waals surface area contributed by atoms with Crippen molar-refractivity contribution in [3.05, 3.63) is 59.7 Å². The number of anilines is 2. The maximum absolute atomic E-state index is 12.1. The van der Waals surface area contributed by atoms with Gasteiger partial charge in [0.25, 0.3) is 5.78 Å². The molecule has 0 radical (unpaired) electrons. The predicted octanol–water partition coefficient (Wildman–Crippen LogP) is 4.41. The highest BCUT2D eigenvalue weighted by Gasteiger charge is 2.35. The fourth-order valence-corrected chi connectivity index (χ4v) is 3.12. The van der Waals surface area contributed by atoms with E-state index in [2.05, 4.69) is 24.4 Å². The topological polar surface area (TPSA) is 49.4 Å². The Kier molecular flexibility index (Phi) is 5.49. The van der Waals surface area contributed by atoms with E-state index >= 15 is 0 Å². The Morgan fingerprint density at radius 2 is 1.68 bits per heavy atom. The second-order valence-electron chi connectivity index (χ2n) is 6.42. The van der Waals surface area contributed by atoms with E-state index < -0.39 is 11.7 Å². The van der Waals surface area contributed by atoms with Crippen LogP contribution in [-0.2, 0) is 11.2 Å². The molecule has 25 heavy (non-hydrogen) atoms. The van der Waals surface area contributed by atoms with Gasteiger partial charge in [-0.3, -0.25) is 14.5 Å². The summed E-state index contributed by atoms with van der Waals surface area (Å²) in [6.07, 6.45) is 6.16. The van der Waals surface area contributed by atoms with Crippen LogP contribution in [0, 0.1) is 0 Å². The average Bonchev–Trinajstić information content (AvgIpc) is 2.89. The second-order valence-corrected chi connectivity index (χ2v) is 6.42. The summed E-state index contributed by atoms with van der Waals surface area (Å²) in [5.41, 5.74) is 3.44. The second kappa shape index (κ2) is 7.97. The molecular formula is C21H24N2O2. The number of benzene rings is 2. The van der Waals surface area contributed by atoms with Crippen molar-refractivity contribution in [2.24, 2.45) is 0 Å². The van der Waals surface area contributed by atoms with Crippen molar-refractivity contribution in [3.8, 4) is 0 Å². The minimum Gasteiger partial charge on any atom is -0.367 e. The van der Waals surface area contributed by atoms with Gasteiger partial charge in [0.15, 0.2) is 0 Å². The van der Waals surface area contributed by atoms with Crippen molar-refractivity contribution in [1.82, 2.24) is 0 Å². The lowest BCUT2D eigenvalue weighted by Crippen LogP contribution is -2.34. The molecule has 2 aromatic rings. The summed E-state index contributed by atoms with van der Waals surface area (Å²) >= 11 is 0. The zero-order chi connectivity index (χ0) is 17.6. The van der Waals surface area contributed by atoms with Crippen molar-refractivity contribution in [2.45, 2.75) is 39.0 Å². The number of hydrogen-bond acceptors (Lipinski definition) is 3. The molecule has 1 aliphatic heterocycles. The summed E-state index contributed by atoms with van der Waals surface area (Å²) in [6, 6.07) is 15.4. The lowest BCUT2D eigenvalue weighted by atomic mass is 10.1. The molecule has 130 valence electrons. The van der Waals surface area contributed by atoms with E-state index in [1.807, 2.05) is 18.2 Å². The van der Waals surface area contributed by atoms with Crippen LogP contribution in [0.4, 0.5) is 11.4 Å². The van der Waals surface area contributed by atoms with Crippen LogP contribution in [-0.4, -0.2) is 18.4 Å². The van der Waals surface area contributed by atoms with E-state index in [-0.39, 0.29) is 6.67 Å². The number of amides is 1. The molecule has 3 rings (SSSR count). The Bertz CT molecular complexity index is 753. The van der Waals surface area contributed by atoms with Crippen LogP contribution in [0.3, 0.4) is 0 Å². The van der Waals surface area contributed by atoms with Crippen molar-refractivity contribution in [3.63, 3.8) is 0 Å². The third-order valence-electron chi connectivity index (χ3n) is 4.59. The number of ketones is 1. The molecule has 1 heterocycles. The molecule has 1 aliphatic rings. The molecule has 0 saturated heterocycles. The van der Waals surface area contributed by atoms with Gasteiger partial charge in [-0.1, -0.05) is 50.5 Å². The fourth-order valence-electron chi connectivity index (χ4n) is 3.12. The summed E-state index contributed by atoms with van der Waals surface area (Å²) in [6.45, 7) is 2.51. The number of fused-ring (bicyclic) bond motifs is 1. The molecule has 0 atom stereocenters. The van der Waals surface area contributed by atoms with Crippen molar-refractivity contribution >= 4 is 23.1 Å². The molecule has 0 aromatic heterocycles. The highest BCUT2D eigenvalue weighted by molar-refractivity contribution is 6.52. The Morgan fingerprint density at radius 3 is 2.44 bits per heavy atom. The molecule has 0 unspecified atom stereocenters. The predicted molar refractivity (Wildman–Crippen MR) is 101 cm³/mol. The molecule has 0 spiro atoms. The summed E-state index contributed by atoms with van der Waals surface area (Å²) < 4.78 is 0. The largest absolute Gasteiger partial charge is 0.367 e. The maximum atomic E-state index is 12.1. The zero-order valence-corrected chi connectivity index (χ0v) is 14.6. The number of hydrogen-bond donors (Lipinski definition) is 1. The summed E-state index contributed by atoms with van der Waals surface area (Å²) in [4.78, 5) is 25.6. The number of para-hydroxylation sites is 1. The summed E-state index contributed by atoms with van der Waals surface area (Å²) in [5.74, 6) is -0.902. The normalized spacial score (nSPS) is 13.2. The lowest BCUT2D eigenvalue weighted by molar-refractivity contribution is -0.114. The first-order valence-electron chi connectivity index (χ1n) is 8.98. The van der Waals surface area contributed by atoms with Crippen LogP contribution >= 0.6 is 0 Å². The van der Waals surface area contributed by atoms with Gasteiger partial charge >= 0.3 is 5.91 Å². The number of unbranched alkanes of at least 4 members (excludes halogenated alkanes) is 3. The van der Waals surface area contributed by atoms with E-state index in [9.17, 15) is 9.59 Å². The summed E-state index contributed by atoms with van der Waals surface area (Å²) in [5, 5.41) is 3.23. The fraction of sp³-hybridized carbons (Fsp3) is 0.333. The molecule has 2 aromatic carbocycles. The van der Waals surface area contributed by atoms with Crippen molar-refractivity contribution in [1.29, 1.82) is 0 Å². The van der Waals surface area contributed by atoms with Crippen LogP contribution in [0.2, 0.25) is 0 Å². The minimum absolute atomic E-state index is 0.289. The number of carbonyl (C=O) groups is 2. The van der Waals surface area contributed by atoms with E-state index in [0.717, 1.165) is 12.1 Å². The Balaban J connectivity index is 1.57. The zero-order valence-electron chi connectivity index (χ0n) is 14.6. The van der Waals surface area contributed by atoms with Crippen LogP contribution in [0.25, 0.3) is 0 Å². The molecular weight excluding hydrogens is 312 g/mol. The quantitative estimate of drug-likeness (QED) is 0.574. The first-order chi connectivity index (χ1) is 12.2. The monoisotopic (exact) mass is 336 g/mol. The number of nitrogens with zero attached hydrogens (tertiary/aromatic N) is 1. The molecule has 4 nitrogen and oxygen atoms in total. The van der Waals surface area contributed by atoms with Gasteiger partial charge in [0.05, 0.1) is 17.9 Å². The van der Waals surface area contributed by atoms with Gasteiger partial charge in [0.1, 0.15) is 0 Å². The van der Waals surface area contributed by atoms with Crippen molar-refractivity contribution < 1.29 is 9.59 Å². The van der Waals surface area contributed by atoms with E-state index in [4.69, 9.17) is 0 Å². The molecule has 0 fully saturated rings. The Morgan fingerprint density at radius 1 is 0.920 bits per heavy atom. The molecule has 4 heteroatoms. The van der Waals surface area contributed by atoms with E-state index in [1.54, 1.807) is 18.2 Å². The van der Waals surface area contributed by atoms with Crippen molar-refractivity contribution in [2.75, 3.05) is 16.9 Å². The van der Waals surface area contributed by atoms with Gasteiger partial charge in [0.2, 0.25) is 0 Å². The van der Waals surface area contributed by atoms with Crippen LogP contribution in [0.1, 0.15) is 48.5 Å². The van der Waals surface area contributed by atoms with Gasteiger partial charge < -0.3 is 5.32 Å². The Hall–Kier alpha value is -2.62. The molecule has 0 bridgehead atoms. The molecule has 0 saturated carbocycles. The molecule has 0 aliphatic carbocycles. The van der Waals surface area contributed by atoms with Gasteiger partial charge in [-0.15, -0.1) is 0 Å². The average molecular weight is 336 g/mol.